The second-order valence-corrected chi connectivity index (χ2v) is 6.87. The van der Waals surface area contributed by atoms with Gasteiger partial charge in [0.1, 0.15) is 5.69 Å². The standard InChI is InChI=1S/C13H15FN2O5S/c1-8-3-11(12(16(18)19)4-9(8)2)15-6-10(5-13(15)17)7-22(14,20)21/h3-4,10H,5-7H2,1-2H3. The van der Waals surface area contributed by atoms with Crippen molar-refractivity contribution in [3.05, 3.63) is 33.4 Å². The van der Waals surface area contributed by atoms with Crippen molar-refractivity contribution in [2.45, 2.75) is 20.3 Å². The summed E-state index contributed by atoms with van der Waals surface area (Å²) in [6.07, 6.45) is -0.146. The zero-order chi connectivity index (χ0) is 16.7. The van der Waals surface area contributed by atoms with Crippen molar-refractivity contribution >= 4 is 27.5 Å². The maximum atomic E-state index is 12.8. The first-order valence-electron chi connectivity index (χ1n) is 6.57. The summed E-state index contributed by atoms with van der Waals surface area (Å²) >= 11 is 0. The molecule has 120 valence electrons. The molecule has 0 N–H and O–H groups in total. The third kappa shape index (κ3) is 3.41. The van der Waals surface area contributed by atoms with Crippen molar-refractivity contribution in [1.29, 1.82) is 0 Å². The van der Waals surface area contributed by atoms with Crippen LogP contribution in [0.3, 0.4) is 0 Å². The third-order valence-electron chi connectivity index (χ3n) is 3.72. The predicted molar refractivity (Wildman–Crippen MR) is 77.9 cm³/mol. The molecule has 1 fully saturated rings. The first-order valence-corrected chi connectivity index (χ1v) is 8.12. The van der Waals surface area contributed by atoms with Crippen molar-refractivity contribution in [1.82, 2.24) is 0 Å². The van der Waals surface area contributed by atoms with Crippen molar-refractivity contribution in [2.24, 2.45) is 5.92 Å². The Morgan fingerprint density at radius 2 is 1.95 bits per heavy atom. The van der Waals surface area contributed by atoms with Crippen molar-refractivity contribution in [3.8, 4) is 0 Å². The van der Waals surface area contributed by atoms with Crippen LogP contribution in [0, 0.1) is 29.9 Å². The number of hydrogen-bond donors (Lipinski definition) is 0. The molecule has 1 atom stereocenters. The summed E-state index contributed by atoms with van der Waals surface area (Å²) in [5.74, 6) is -1.91. The monoisotopic (exact) mass is 330 g/mol. The van der Waals surface area contributed by atoms with Crippen LogP contribution in [0.2, 0.25) is 0 Å². The van der Waals surface area contributed by atoms with Crippen molar-refractivity contribution in [3.63, 3.8) is 0 Å². The molecule has 0 aliphatic carbocycles. The van der Waals surface area contributed by atoms with Gasteiger partial charge in [-0.3, -0.25) is 14.9 Å². The molecular weight excluding hydrogens is 315 g/mol. The minimum absolute atomic E-state index is 0.0503. The Labute approximate surface area is 127 Å². The predicted octanol–water partition coefficient (Wildman–Crippen LogP) is 1.86. The van der Waals surface area contributed by atoms with Crippen molar-refractivity contribution in [2.75, 3.05) is 17.2 Å². The Balaban J connectivity index is 2.38. The van der Waals surface area contributed by atoms with E-state index >= 15 is 0 Å². The highest BCUT2D eigenvalue weighted by atomic mass is 32.3. The van der Waals surface area contributed by atoms with Gasteiger partial charge in [0, 0.05) is 24.9 Å². The van der Waals surface area contributed by atoms with E-state index in [1.54, 1.807) is 13.8 Å². The van der Waals surface area contributed by atoms with Gasteiger partial charge < -0.3 is 4.90 Å². The Hall–Kier alpha value is -2.03. The van der Waals surface area contributed by atoms with Gasteiger partial charge in [-0.15, -0.1) is 3.89 Å². The molecular formula is C13H15FN2O5S. The second-order valence-electron chi connectivity index (χ2n) is 5.46. The van der Waals surface area contributed by atoms with Crippen molar-refractivity contribution < 1.29 is 22.0 Å². The average molecular weight is 330 g/mol. The molecule has 1 heterocycles. The Morgan fingerprint density at radius 3 is 2.50 bits per heavy atom. The lowest BCUT2D eigenvalue weighted by Gasteiger charge is -2.18. The van der Waals surface area contributed by atoms with Gasteiger partial charge in [0.2, 0.25) is 5.91 Å². The molecule has 9 heteroatoms. The average Bonchev–Trinajstić information content (AvgIpc) is 2.70. The van der Waals surface area contributed by atoms with Crippen LogP contribution < -0.4 is 4.90 Å². The number of carbonyl (C=O) groups is 1. The maximum absolute atomic E-state index is 12.8. The molecule has 1 aliphatic rings. The van der Waals surface area contributed by atoms with Crippen LogP contribution in [0.15, 0.2) is 12.1 Å². The van der Waals surface area contributed by atoms with E-state index < -0.39 is 32.7 Å². The van der Waals surface area contributed by atoms with Gasteiger partial charge >= 0.3 is 10.2 Å². The number of nitro groups is 1. The summed E-state index contributed by atoms with van der Waals surface area (Å²) in [5, 5.41) is 11.2. The van der Waals surface area contributed by atoms with Gasteiger partial charge in [0.25, 0.3) is 5.69 Å². The number of amides is 1. The van der Waals surface area contributed by atoms with Crippen LogP contribution in [-0.2, 0) is 15.0 Å². The Kier molecular flexibility index (Phi) is 4.19. The quantitative estimate of drug-likeness (QED) is 0.477. The fourth-order valence-electron chi connectivity index (χ4n) is 2.56. The molecule has 1 aliphatic heterocycles. The van der Waals surface area contributed by atoms with Crippen LogP contribution in [0.25, 0.3) is 0 Å². The molecule has 1 aromatic rings. The summed E-state index contributed by atoms with van der Waals surface area (Å²) < 4.78 is 34.2. The third-order valence-corrected chi connectivity index (χ3v) is 4.59. The number of hydrogen-bond acceptors (Lipinski definition) is 5. The first-order chi connectivity index (χ1) is 10.1. The molecule has 2 rings (SSSR count). The van der Waals surface area contributed by atoms with Gasteiger partial charge in [0.05, 0.1) is 10.7 Å². The van der Waals surface area contributed by atoms with Crippen LogP contribution >= 0.6 is 0 Å². The van der Waals surface area contributed by atoms with E-state index in [0.29, 0.717) is 5.56 Å². The lowest BCUT2D eigenvalue weighted by Crippen LogP contribution is -2.26. The highest BCUT2D eigenvalue weighted by Gasteiger charge is 2.36. The fourth-order valence-corrected chi connectivity index (χ4v) is 3.34. The molecule has 1 amide bonds. The van der Waals surface area contributed by atoms with Gasteiger partial charge in [-0.2, -0.15) is 8.42 Å². The maximum Gasteiger partial charge on any atom is 0.302 e. The summed E-state index contributed by atoms with van der Waals surface area (Å²) in [6, 6.07) is 2.90. The largest absolute Gasteiger partial charge is 0.306 e. The minimum Gasteiger partial charge on any atom is -0.306 e. The molecule has 22 heavy (non-hydrogen) atoms. The smallest absolute Gasteiger partial charge is 0.302 e. The van der Waals surface area contributed by atoms with Crippen LogP contribution in [-0.4, -0.2) is 31.5 Å². The van der Waals surface area contributed by atoms with Crippen LogP contribution in [0.1, 0.15) is 17.5 Å². The zero-order valence-electron chi connectivity index (χ0n) is 12.1. The first kappa shape index (κ1) is 16.3. The van der Waals surface area contributed by atoms with Crippen LogP contribution in [0.5, 0.6) is 0 Å². The number of benzene rings is 1. The van der Waals surface area contributed by atoms with E-state index in [2.05, 4.69) is 0 Å². The second kappa shape index (κ2) is 5.64. The zero-order valence-corrected chi connectivity index (χ0v) is 12.9. The molecule has 0 saturated carbocycles. The molecule has 1 aromatic carbocycles. The lowest BCUT2D eigenvalue weighted by molar-refractivity contribution is -0.384. The van der Waals surface area contributed by atoms with Gasteiger partial charge in [-0.1, -0.05) is 0 Å². The number of rotatable bonds is 4. The van der Waals surface area contributed by atoms with Crippen LogP contribution in [0.4, 0.5) is 15.3 Å². The number of halogens is 1. The molecule has 1 saturated heterocycles. The van der Waals surface area contributed by atoms with E-state index in [1.807, 2.05) is 0 Å². The molecule has 1 unspecified atom stereocenters. The minimum atomic E-state index is -4.69. The Bertz CT molecular complexity index is 747. The molecule has 0 radical (unpaired) electrons. The highest BCUT2D eigenvalue weighted by molar-refractivity contribution is 7.86. The van der Waals surface area contributed by atoms with Gasteiger partial charge in [-0.05, 0) is 31.0 Å². The highest BCUT2D eigenvalue weighted by Crippen LogP contribution is 2.35. The van der Waals surface area contributed by atoms with E-state index in [1.165, 1.54) is 17.0 Å². The molecule has 0 spiro atoms. The number of nitro benzene ring substituents is 1. The number of carbonyl (C=O) groups excluding carboxylic acids is 1. The van der Waals surface area contributed by atoms with E-state index in [0.717, 1.165) is 5.56 Å². The molecule has 0 aromatic heterocycles. The number of anilines is 1. The van der Waals surface area contributed by atoms with E-state index in [-0.39, 0.29) is 24.3 Å². The summed E-state index contributed by atoms with van der Waals surface area (Å²) in [7, 11) is -4.69. The summed E-state index contributed by atoms with van der Waals surface area (Å²) in [4.78, 5) is 23.8. The fraction of sp³-hybridized carbons (Fsp3) is 0.462. The normalized spacial score (nSPS) is 18.8. The van der Waals surface area contributed by atoms with Gasteiger partial charge in [0.15, 0.2) is 0 Å². The SMILES string of the molecule is Cc1cc(N2CC(CS(=O)(=O)F)CC2=O)c([N+](=O)[O-])cc1C. The Morgan fingerprint density at radius 1 is 1.36 bits per heavy atom. The van der Waals surface area contributed by atoms with E-state index in [9.17, 15) is 27.2 Å². The van der Waals surface area contributed by atoms with E-state index in [4.69, 9.17) is 0 Å². The topological polar surface area (TPSA) is 97.6 Å². The summed E-state index contributed by atoms with van der Waals surface area (Å²) in [5.41, 5.74) is 1.39. The number of nitrogens with zero attached hydrogens (tertiary/aromatic N) is 2. The summed E-state index contributed by atoms with van der Waals surface area (Å²) in [6.45, 7) is 3.42. The molecule has 0 bridgehead atoms. The molecule has 7 nitrogen and oxygen atoms in total. The van der Waals surface area contributed by atoms with Gasteiger partial charge in [-0.25, -0.2) is 0 Å². The number of aryl methyl sites for hydroxylation is 2. The lowest BCUT2D eigenvalue weighted by atomic mass is 10.1.